The lowest BCUT2D eigenvalue weighted by Gasteiger charge is -2.18. The molecule has 0 aliphatic heterocycles. The smallest absolute Gasteiger partial charge is 0.253 e. The summed E-state index contributed by atoms with van der Waals surface area (Å²) in [5.41, 5.74) is 1.78. The fraction of sp³-hybridized carbons (Fsp3) is 0.462. The molecular weight excluding hydrogens is 280 g/mol. The zero-order chi connectivity index (χ0) is 12.8. The maximum Gasteiger partial charge on any atom is 0.253 e. The van der Waals surface area contributed by atoms with Crippen LogP contribution in [0.1, 0.15) is 22.3 Å². The minimum atomic E-state index is 0.0890. The first kappa shape index (κ1) is 14.2. The van der Waals surface area contributed by atoms with Gasteiger partial charge in [-0.05, 0) is 50.7 Å². The molecule has 1 aromatic carbocycles. The fourth-order valence-electron chi connectivity index (χ4n) is 1.67. The number of carbonyl (C=O) groups is 1. The maximum atomic E-state index is 12.2. The SMILES string of the molecule is CNCCCN(C)C(=O)c1ccc(Br)cc1C. The molecule has 17 heavy (non-hydrogen) atoms. The second-order valence-corrected chi connectivity index (χ2v) is 5.06. The number of nitrogens with one attached hydrogen (secondary N) is 1. The van der Waals surface area contributed by atoms with Crippen LogP contribution in [0.3, 0.4) is 0 Å². The van der Waals surface area contributed by atoms with Crippen LogP contribution in [0.5, 0.6) is 0 Å². The predicted molar refractivity (Wildman–Crippen MR) is 74.4 cm³/mol. The Labute approximate surface area is 111 Å². The van der Waals surface area contributed by atoms with Crippen LogP contribution in [0.2, 0.25) is 0 Å². The van der Waals surface area contributed by atoms with E-state index < -0.39 is 0 Å². The second-order valence-electron chi connectivity index (χ2n) is 4.14. The quantitative estimate of drug-likeness (QED) is 0.847. The third kappa shape index (κ3) is 4.13. The zero-order valence-corrected chi connectivity index (χ0v) is 12.2. The monoisotopic (exact) mass is 298 g/mol. The number of hydrogen-bond donors (Lipinski definition) is 1. The third-order valence-electron chi connectivity index (χ3n) is 2.69. The first-order chi connectivity index (χ1) is 8.06. The average Bonchev–Trinajstić information content (AvgIpc) is 2.28. The van der Waals surface area contributed by atoms with Crippen LogP contribution in [-0.4, -0.2) is 38.0 Å². The van der Waals surface area contributed by atoms with E-state index in [-0.39, 0.29) is 5.91 Å². The minimum Gasteiger partial charge on any atom is -0.342 e. The van der Waals surface area contributed by atoms with Crippen molar-refractivity contribution in [3.8, 4) is 0 Å². The van der Waals surface area contributed by atoms with E-state index in [0.717, 1.165) is 35.1 Å². The number of halogens is 1. The Bertz CT molecular complexity index is 393. The molecule has 94 valence electrons. The highest BCUT2D eigenvalue weighted by molar-refractivity contribution is 9.10. The van der Waals surface area contributed by atoms with Gasteiger partial charge in [-0.15, -0.1) is 0 Å². The van der Waals surface area contributed by atoms with Crippen LogP contribution >= 0.6 is 15.9 Å². The van der Waals surface area contributed by atoms with E-state index in [1.54, 1.807) is 4.90 Å². The highest BCUT2D eigenvalue weighted by Crippen LogP contribution is 2.17. The molecule has 4 heteroatoms. The van der Waals surface area contributed by atoms with Crippen LogP contribution in [0.15, 0.2) is 22.7 Å². The number of hydrogen-bond acceptors (Lipinski definition) is 2. The summed E-state index contributed by atoms with van der Waals surface area (Å²) in [6.07, 6.45) is 0.967. The Morgan fingerprint density at radius 2 is 2.18 bits per heavy atom. The number of benzene rings is 1. The molecule has 0 heterocycles. The largest absolute Gasteiger partial charge is 0.342 e. The molecule has 0 aliphatic carbocycles. The van der Waals surface area contributed by atoms with Gasteiger partial charge in [0.2, 0.25) is 0 Å². The third-order valence-corrected chi connectivity index (χ3v) is 3.18. The standard InChI is InChI=1S/C13H19BrN2O/c1-10-9-11(14)5-6-12(10)13(17)16(3)8-4-7-15-2/h5-6,9,15H,4,7-8H2,1-3H3. The lowest BCUT2D eigenvalue weighted by molar-refractivity contribution is 0.0793. The Morgan fingerprint density at radius 1 is 1.47 bits per heavy atom. The first-order valence-electron chi connectivity index (χ1n) is 5.72. The summed E-state index contributed by atoms with van der Waals surface area (Å²) < 4.78 is 1.00. The van der Waals surface area contributed by atoms with Crippen LogP contribution < -0.4 is 5.32 Å². The topological polar surface area (TPSA) is 32.3 Å². The predicted octanol–water partition coefficient (Wildman–Crippen LogP) is 2.44. The summed E-state index contributed by atoms with van der Waals surface area (Å²) in [5, 5.41) is 3.08. The number of amides is 1. The molecule has 0 saturated heterocycles. The van der Waals surface area contributed by atoms with Crippen molar-refractivity contribution in [2.75, 3.05) is 27.2 Å². The lowest BCUT2D eigenvalue weighted by atomic mass is 10.1. The van der Waals surface area contributed by atoms with E-state index >= 15 is 0 Å². The molecule has 0 aromatic heterocycles. The molecule has 3 nitrogen and oxygen atoms in total. The van der Waals surface area contributed by atoms with Crippen LogP contribution in [0.25, 0.3) is 0 Å². The van der Waals surface area contributed by atoms with Gasteiger partial charge in [0, 0.05) is 23.6 Å². The Kier molecular flexibility index (Phi) is 5.65. The van der Waals surface area contributed by atoms with Gasteiger partial charge in [0.05, 0.1) is 0 Å². The molecule has 0 fully saturated rings. The van der Waals surface area contributed by atoms with Crippen LogP contribution in [0, 0.1) is 6.92 Å². The zero-order valence-electron chi connectivity index (χ0n) is 10.6. The van der Waals surface area contributed by atoms with Crippen molar-refractivity contribution < 1.29 is 4.79 Å². The van der Waals surface area contributed by atoms with E-state index in [2.05, 4.69) is 21.2 Å². The summed E-state index contributed by atoms with van der Waals surface area (Å²) in [6.45, 7) is 3.66. The normalized spacial score (nSPS) is 10.4. The van der Waals surface area contributed by atoms with E-state index in [1.807, 2.05) is 39.2 Å². The van der Waals surface area contributed by atoms with Crippen molar-refractivity contribution in [3.05, 3.63) is 33.8 Å². The molecule has 0 unspecified atom stereocenters. The highest BCUT2D eigenvalue weighted by atomic mass is 79.9. The van der Waals surface area contributed by atoms with Gasteiger partial charge in [0.25, 0.3) is 5.91 Å². The van der Waals surface area contributed by atoms with Gasteiger partial charge >= 0.3 is 0 Å². The van der Waals surface area contributed by atoms with Crippen molar-refractivity contribution in [3.63, 3.8) is 0 Å². The molecule has 0 bridgehead atoms. The summed E-state index contributed by atoms with van der Waals surface area (Å²) in [6, 6.07) is 5.74. The van der Waals surface area contributed by atoms with Crippen LogP contribution in [-0.2, 0) is 0 Å². The molecule has 1 amide bonds. The van der Waals surface area contributed by atoms with Gasteiger partial charge in [-0.1, -0.05) is 15.9 Å². The first-order valence-corrected chi connectivity index (χ1v) is 6.51. The number of carbonyl (C=O) groups excluding carboxylic acids is 1. The van der Waals surface area contributed by atoms with Crippen molar-refractivity contribution >= 4 is 21.8 Å². The molecule has 0 spiro atoms. The second kappa shape index (κ2) is 6.77. The van der Waals surface area contributed by atoms with Gasteiger partial charge in [-0.3, -0.25) is 4.79 Å². The molecule has 1 rings (SSSR count). The van der Waals surface area contributed by atoms with Gasteiger partial charge in [-0.25, -0.2) is 0 Å². The molecule has 0 atom stereocenters. The van der Waals surface area contributed by atoms with E-state index in [0.29, 0.717) is 0 Å². The summed E-state index contributed by atoms with van der Waals surface area (Å²) in [7, 11) is 3.76. The van der Waals surface area contributed by atoms with E-state index in [4.69, 9.17) is 0 Å². The van der Waals surface area contributed by atoms with Crippen LogP contribution in [0.4, 0.5) is 0 Å². The van der Waals surface area contributed by atoms with Crippen molar-refractivity contribution in [2.24, 2.45) is 0 Å². The Balaban J connectivity index is 2.68. The van der Waals surface area contributed by atoms with Gasteiger partial charge in [0.1, 0.15) is 0 Å². The molecule has 0 saturated carbocycles. The Morgan fingerprint density at radius 3 is 2.76 bits per heavy atom. The molecule has 1 aromatic rings. The van der Waals surface area contributed by atoms with Crippen molar-refractivity contribution in [1.29, 1.82) is 0 Å². The van der Waals surface area contributed by atoms with Gasteiger partial charge < -0.3 is 10.2 Å². The highest BCUT2D eigenvalue weighted by Gasteiger charge is 2.13. The number of rotatable bonds is 5. The van der Waals surface area contributed by atoms with Gasteiger partial charge in [-0.2, -0.15) is 0 Å². The molecular formula is C13H19BrN2O. The Hall–Kier alpha value is -0.870. The fourth-order valence-corrected chi connectivity index (χ4v) is 2.14. The molecule has 0 radical (unpaired) electrons. The average molecular weight is 299 g/mol. The lowest BCUT2D eigenvalue weighted by Crippen LogP contribution is -2.29. The summed E-state index contributed by atoms with van der Waals surface area (Å²) in [5.74, 6) is 0.0890. The van der Waals surface area contributed by atoms with E-state index in [1.165, 1.54) is 0 Å². The summed E-state index contributed by atoms with van der Waals surface area (Å²) in [4.78, 5) is 13.9. The molecule has 1 N–H and O–H groups in total. The van der Waals surface area contributed by atoms with Crippen molar-refractivity contribution in [2.45, 2.75) is 13.3 Å². The number of nitrogens with zero attached hydrogens (tertiary/aromatic N) is 1. The van der Waals surface area contributed by atoms with E-state index in [9.17, 15) is 4.79 Å². The maximum absolute atomic E-state index is 12.2. The van der Waals surface area contributed by atoms with Gasteiger partial charge in [0.15, 0.2) is 0 Å². The van der Waals surface area contributed by atoms with Crippen molar-refractivity contribution in [1.82, 2.24) is 10.2 Å². The minimum absolute atomic E-state index is 0.0890. The molecule has 0 aliphatic rings. The number of aryl methyl sites for hydroxylation is 1. The summed E-state index contributed by atoms with van der Waals surface area (Å²) >= 11 is 3.40.